The summed E-state index contributed by atoms with van der Waals surface area (Å²) < 4.78 is 5.72. The lowest BCUT2D eigenvalue weighted by molar-refractivity contribution is -0.0949. The first-order valence-corrected chi connectivity index (χ1v) is 7.29. The molecule has 0 bridgehead atoms. The number of carbonyl (C=O) groups excluding carboxylic acids is 1. The number of carbonyl (C=O) groups is 1. The van der Waals surface area contributed by atoms with Crippen molar-refractivity contribution in [2.24, 2.45) is 10.2 Å². The lowest BCUT2D eigenvalue weighted by Gasteiger charge is -2.47. The van der Waals surface area contributed by atoms with Gasteiger partial charge in [-0.3, -0.25) is 4.79 Å². The first-order chi connectivity index (χ1) is 11.2. The third kappa shape index (κ3) is 3.07. The molecule has 2 aliphatic rings. The van der Waals surface area contributed by atoms with Crippen molar-refractivity contribution in [1.29, 1.82) is 0 Å². The Balaban J connectivity index is 1.80. The predicted octanol–water partition coefficient (Wildman–Crippen LogP) is 3.44. The Labute approximate surface area is 132 Å². The first kappa shape index (κ1) is 15.2. The lowest BCUT2D eigenvalue weighted by Crippen LogP contribution is -2.63. The Morgan fingerprint density at radius 1 is 1.30 bits per heavy atom. The maximum atomic E-state index is 12.6. The standard InChI is InChI=1S/C14H15N7O2/c15-19-17-7-10-4-11(6-12(5-10)18-20-16)13(22)21-8-14(9-21)2-1-3-23-14/h4-6H,1-3,7-9H2. The zero-order valence-electron chi connectivity index (χ0n) is 12.4. The highest BCUT2D eigenvalue weighted by atomic mass is 16.5. The first-order valence-electron chi connectivity index (χ1n) is 7.29. The van der Waals surface area contributed by atoms with Crippen LogP contribution >= 0.6 is 0 Å². The predicted molar refractivity (Wildman–Crippen MR) is 81.9 cm³/mol. The molecule has 0 N–H and O–H groups in total. The maximum Gasteiger partial charge on any atom is 0.254 e. The number of benzene rings is 1. The van der Waals surface area contributed by atoms with Gasteiger partial charge in [0.1, 0.15) is 5.60 Å². The van der Waals surface area contributed by atoms with Crippen molar-refractivity contribution in [2.75, 3.05) is 19.7 Å². The summed E-state index contributed by atoms with van der Waals surface area (Å²) in [7, 11) is 0. The fourth-order valence-corrected chi connectivity index (χ4v) is 3.09. The molecule has 9 heteroatoms. The molecule has 0 atom stereocenters. The molecule has 0 saturated carbocycles. The molecule has 3 rings (SSSR count). The van der Waals surface area contributed by atoms with Crippen molar-refractivity contribution >= 4 is 11.6 Å². The van der Waals surface area contributed by atoms with Gasteiger partial charge in [0.15, 0.2) is 0 Å². The van der Waals surface area contributed by atoms with E-state index in [1.165, 1.54) is 0 Å². The van der Waals surface area contributed by atoms with E-state index in [2.05, 4.69) is 20.1 Å². The summed E-state index contributed by atoms with van der Waals surface area (Å²) in [6.07, 6.45) is 2.02. The fraction of sp³-hybridized carbons (Fsp3) is 0.500. The van der Waals surface area contributed by atoms with Gasteiger partial charge in [-0.1, -0.05) is 10.2 Å². The molecule has 1 amide bonds. The molecule has 2 heterocycles. The highest BCUT2D eigenvalue weighted by Crippen LogP contribution is 2.35. The van der Waals surface area contributed by atoms with Crippen LogP contribution in [0.3, 0.4) is 0 Å². The number of hydrogen-bond donors (Lipinski definition) is 0. The van der Waals surface area contributed by atoms with Crippen LogP contribution in [0, 0.1) is 0 Å². The van der Waals surface area contributed by atoms with Gasteiger partial charge in [0, 0.05) is 27.7 Å². The van der Waals surface area contributed by atoms with Gasteiger partial charge < -0.3 is 9.64 Å². The van der Waals surface area contributed by atoms with Crippen molar-refractivity contribution in [3.63, 3.8) is 0 Å². The number of hydrogen-bond acceptors (Lipinski definition) is 4. The van der Waals surface area contributed by atoms with Crippen LogP contribution in [0.4, 0.5) is 5.69 Å². The number of ether oxygens (including phenoxy) is 1. The summed E-state index contributed by atoms with van der Waals surface area (Å²) >= 11 is 0. The van der Waals surface area contributed by atoms with E-state index in [4.69, 9.17) is 15.8 Å². The van der Waals surface area contributed by atoms with Crippen LogP contribution in [0.15, 0.2) is 28.4 Å². The maximum absolute atomic E-state index is 12.6. The molecule has 2 saturated heterocycles. The van der Waals surface area contributed by atoms with Crippen molar-refractivity contribution in [3.05, 3.63) is 50.2 Å². The number of rotatable bonds is 4. The quantitative estimate of drug-likeness (QED) is 0.479. The third-order valence-electron chi connectivity index (χ3n) is 4.13. The zero-order valence-corrected chi connectivity index (χ0v) is 12.4. The Morgan fingerprint density at radius 2 is 2.13 bits per heavy atom. The number of nitrogens with zero attached hydrogens (tertiary/aromatic N) is 7. The van der Waals surface area contributed by atoms with Crippen molar-refractivity contribution < 1.29 is 9.53 Å². The second-order valence-electron chi connectivity index (χ2n) is 5.76. The average molecular weight is 313 g/mol. The molecular formula is C14H15N7O2. The monoisotopic (exact) mass is 313 g/mol. The molecule has 1 aromatic carbocycles. The van der Waals surface area contributed by atoms with Crippen LogP contribution in [0.5, 0.6) is 0 Å². The van der Waals surface area contributed by atoms with Gasteiger partial charge in [-0.05, 0) is 47.7 Å². The second-order valence-corrected chi connectivity index (χ2v) is 5.76. The molecule has 0 aliphatic carbocycles. The second kappa shape index (κ2) is 6.18. The highest BCUT2D eigenvalue weighted by Gasteiger charge is 2.48. The van der Waals surface area contributed by atoms with Crippen LogP contribution in [0.2, 0.25) is 0 Å². The van der Waals surface area contributed by atoms with E-state index in [1.54, 1.807) is 23.1 Å². The van der Waals surface area contributed by atoms with E-state index in [0.29, 0.717) is 29.9 Å². The minimum absolute atomic E-state index is 0.0959. The van der Waals surface area contributed by atoms with E-state index in [9.17, 15) is 4.79 Å². The number of amides is 1. The van der Waals surface area contributed by atoms with E-state index >= 15 is 0 Å². The van der Waals surface area contributed by atoms with Gasteiger partial charge in [-0.15, -0.1) is 0 Å². The topological polar surface area (TPSA) is 127 Å². The molecule has 1 spiro atoms. The van der Waals surface area contributed by atoms with Crippen LogP contribution in [0.1, 0.15) is 28.8 Å². The number of likely N-dealkylation sites (tertiary alicyclic amines) is 1. The Kier molecular flexibility index (Phi) is 4.08. The summed E-state index contributed by atoms with van der Waals surface area (Å²) in [5, 5.41) is 7.02. The van der Waals surface area contributed by atoms with E-state index < -0.39 is 0 Å². The lowest BCUT2D eigenvalue weighted by atomic mass is 9.90. The fourth-order valence-electron chi connectivity index (χ4n) is 3.09. The Bertz CT molecular complexity index is 721. The van der Waals surface area contributed by atoms with E-state index in [1.807, 2.05) is 0 Å². The van der Waals surface area contributed by atoms with Gasteiger partial charge in [-0.25, -0.2) is 0 Å². The molecule has 23 heavy (non-hydrogen) atoms. The molecule has 2 aliphatic heterocycles. The van der Waals surface area contributed by atoms with Crippen LogP contribution in [-0.4, -0.2) is 36.1 Å². The van der Waals surface area contributed by atoms with Gasteiger partial charge >= 0.3 is 0 Å². The molecule has 2 fully saturated rings. The summed E-state index contributed by atoms with van der Waals surface area (Å²) in [5.74, 6) is -0.136. The minimum Gasteiger partial charge on any atom is -0.371 e. The molecule has 1 aromatic rings. The van der Waals surface area contributed by atoms with Gasteiger partial charge in [-0.2, -0.15) is 0 Å². The zero-order chi connectivity index (χ0) is 16.3. The SMILES string of the molecule is [N-]=[N+]=NCc1cc(N=[N+]=[N-])cc(C(=O)N2CC3(CCCO3)C2)c1. The molecular weight excluding hydrogens is 298 g/mol. The largest absolute Gasteiger partial charge is 0.371 e. The van der Waals surface area contributed by atoms with Gasteiger partial charge in [0.25, 0.3) is 5.91 Å². The van der Waals surface area contributed by atoms with Crippen molar-refractivity contribution in [2.45, 2.75) is 25.0 Å². The summed E-state index contributed by atoms with van der Waals surface area (Å²) in [6.45, 7) is 2.02. The van der Waals surface area contributed by atoms with Crippen LogP contribution in [0.25, 0.3) is 20.9 Å². The Hall–Kier alpha value is -2.73. The molecule has 0 unspecified atom stereocenters. The van der Waals surface area contributed by atoms with Gasteiger partial charge in [0.05, 0.1) is 19.6 Å². The Morgan fingerprint density at radius 3 is 2.78 bits per heavy atom. The molecule has 118 valence electrons. The van der Waals surface area contributed by atoms with Crippen LogP contribution < -0.4 is 0 Å². The van der Waals surface area contributed by atoms with E-state index in [0.717, 1.165) is 19.4 Å². The summed E-state index contributed by atoms with van der Waals surface area (Å²) in [5.41, 5.74) is 18.2. The van der Waals surface area contributed by atoms with Crippen LogP contribution in [-0.2, 0) is 11.3 Å². The van der Waals surface area contributed by atoms with E-state index in [-0.39, 0.29) is 18.1 Å². The average Bonchev–Trinajstić information content (AvgIpc) is 3.01. The summed E-state index contributed by atoms with van der Waals surface area (Å²) in [6, 6.07) is 4.80. The number of azide groups is 2. The molecule has 0 radical (unpaired) electrons. The normalized spacial score (nSPS) is 18.0. The third-order valence-corrected chi connectivity index (χ3v) is 4.13. The minimum atomic E-state index is -0.161. The van der Waals surface area contributed by atoms with Crippen molar-refractivity contribution in [1.82, 2.24) is 4.90 Å². The highest BCUT2D eigenvalue weighted by molar-refractivity contribution is 5.96. The summed E-state index contributed by atoms with van der Waals surface area (Å²) in [4.78, 5) is 19.7. The van der Waals surface area contributed by atoms with Gasteiger partial charge in [0.2, 0.25) is 0 Å². The smallest absolute Gasteiger partial charge is 0.254 e. The molecule has 0 aromatic heterocycles. The van der Waals surface area contributed by atoms with Crippen molar-refractivity contribution in [3.8, 4) is 0 Å². The molecule has 9 nitrogen and oxygen atoms in total.